The predicted octanol–water partition coefficient (Wildman–Crippen LogP) is 2.82. The van der Waals surface area contributed by atoms with Crippen LogP contribution < -0.4 is 5.32 Å². The third kappa shape index (κ3) is 4.42. The van der Waals surface area contributed by atoms with Crippen LogP contribution in [0.1, 0.15) is 12.8 Å². The molecule has 1 atom stereocenters. The van der Waals surface area contributed by atoms with E-state index < -0.39 is 9.84 Å². The maximum Gasteiger partial charge on any atom is 0.224 e. The minimum absolute atomic E-state index is 0.0421. The van der Waals surface area contributed by atoms with E-state index >= 15 is 0 Å². The van der Waals surface area contributed by atoms with Gasteiger partial charge in [0.25, 0.3) is 0 Å². The minimum atomic E-state index is -2.91. The summed E-state index contributed by atoms with van der Waals surface area (Å²) in [6, 6.07) is 5.56. The van der Waals surface area contributed by atoms with Gasteiger partial charge in [0.1, 0.15) is 0 Å². The Bertz CT molecular complexity index is 603. The normalized spacial score (nSPS) is 21.3. The van der Waals surface area contributed by atoms with Gasteiger partial charge in [0.2, 0.25) is 5.91 Å². The third-order valence-electron chi connectivity index (χ3n) is 3.00. The van der Waals surface area contributed by atoms with E-state index in [-0.39, 0.29) is 29.8 Å². The van der Waals surface area contributed by atoms with Gasteiger partial charge in [-0.15, -0.1) is 0 Å². The van der Waals surface area contributed by atoms with Crippen molar-refractivity contribution in [1.29, 1.82) is 0 Å². The lowest BCUT2D eigenvalue weighted by Gasteiger charge is -2.09. The van der Waals surface area contributed by atoms with Gasteiger partial charge in [0.05, 0.1) is 11.5 Å². The van der Waals surface area contributed by atoms with E-state index in [2.05, 4.69) is 43.8 Å². The van der Waals surface area contributed by atoms with Crippen molar-refractivity contribution < 1.29 is 13.2 Å². The monoisotopic (exact) mass is 457 g/mol. The summed E-state index contributed by atoms with van der Waals surface area (Å²) in [6.07, 6.45) is 0.861. The van der Waals surface area contributed by atoms with Crippen molar-refractivity contribution >= 4 is 60.0 Å². The third-order valence-corrected chi connectivity index (χ3v) is 7.17. The van der Waals surface area contributed by atoms with E-state index in [4.69, 9.17) is 0 Å². The van der Waals surface area contributed by atoms with Gasteiger partial charge < -0.3 is 5.32 Å². The van der Waals surface area contributed by atoms with Gasteiger partial charge in [-0.3, -0.25) is 4.79 Å². The van der Waals surface area contributed by atoms with Crippen LogP contribution in [0.3, 0.4) is 0 Å². The molecule has 1 aromatic carbocycles. The number of anilines is 1. The van der Waals surface area contributed by atoms with Crippen LogP contribution >= 0.6 is 38.5 Å². The highest BCUT2D eigenvalue weighted by molar-refractivity contribution is 14.1. The van der Waals surface area contributed by atoms with Crippen molar-refractivity contribution in [1.82, 2.24) is 0 Å². The summed E-state index contributed by atoms with van der Waals surface area (Å²) in [5.41, 5.74) is 0.735. The van der Waals surface area contributed by atoms with Crippen LogP contribution in [-0.2, 0) is 14.6 Å². The van der Waals surface area contributed by atoms with Crippen LogP contribution in [-0.4, -0.2) is 25.8 Å². The second kappa shape index (κ2) is 6.09. The molecule has 0 aromatic heterocycles. The quantitative estimate of drug-likeness (QED) is 0.710. The largest absolute Gasteiger partial charge is 0.326 e. The van der Waals surface area contributed by atoms with E-state index in [1.54, 1.807) is 0 Å². The molecule has 7 heteroatoms. The number of benzene rings is 1. The topological polar surface area (TPSA) is 63.2 Å². The van der Waals surface area contributed by atoms with Gasteiger partial charge in [-0.25, -0.2) is 8.42 Å². The predicted molar refractivity (Wildman–Crippen MR) is 86.9 cm³/mol. The zero-order valence-electron chi connectivity index (χ0n) is 10.0. The lowest BCUT2D eigenvalue weighted by molar-refractivity contribution is -0.116. The molecule has 1 heterocycles. The molecule has 2 rings (SSSR count). The molecule has 0 aliphatic carbocycles. The second-order valence-electron chi connectivity index (χ2n) is 4.65. The number of nitrogens with one attached hydrogen (secondary N) is 1. The Hall–Kier alpha value is -0.150. The van der Waals surface area contributed by atoms with Crippen molar-refractivity contribution in [2.45, 2.75) is 12.8 Å². The van der Waals surface area contributed by atoms with Gasteiger partial charge >= 0.3 is 0 Å². The average molecular weight is 458 g/mol. The highest BCUT2D eigenvalue weighted by Crippen LogP contribution is 2.24. The number of sulfone groups is 1. The van der Waals surface area contributed by atoms with Gasteiger partial charge in [0, 0.05) is 20.2 Å². The molecule has 0 radical (unpaired) electrons. The number of carbonyl (C=O) groups excluding carboxylic acids is 1. The first-order chi connectivity index (χ1) is 8.85. The fraction of sp³-hybridized carbons (Fsp3) is 0.417. The highest BCUT2D eigenvalue weighted by atomic mass is 127. The van der Waals surface area contributed by atoms with Gasteiger partial charge in [-0.05, 0) is 69.1 Å². The minimum Gasteiger partial charge on any atom is -0.326 e. The van der Waals surface area contributed by atoms with E-state index in [1.165, 1.54) is 0 Å². The number of hydrogen-bond donors (Lipinski definition) is 1. The molecule has 1 N–H and O–H groups in total. The molecule has 4 nitrogen and oxygen atoms in total. The summed E-state index contributed by atoms with van der Waals surface area (Å²) >= 11 is 5.57. The van der Waals surface area contributed by atoms with Crippen molar-refractivity contribution in [3.63, 3.8) is 0 Å². The average Bonchev–Trinajstić information content (AvgIpc) is 2.63. The number of amides is 1. The Kier molecular flexibility index (Phi) is 4.88. The Morgan fingerprint density at radius 2 is 2.21 bits per heavy atom. The zero-order chi connectivity index (χ0) is 14.0. The molecule has 1 fully saturated rings. The number of rotatable bonds is 3. The molecule has 0 spiro atoms. The lowest BCUT2D eigenvalue weighted by Crippen LogP contribution is -2.17. The summed E-state index contributed by atoms with van der Waals surface area (Å²) in [5.74, 6) is 0.180. The van der Waals surface area contributed by atoms with E-state index in [0.717, 1.165) is 13.7 Å². The molecule has 1 aliphatic heterocycles. The first kappa shape index (κ1) is 15.2. The fourth-order valence-electron chi connectivity index (χ4n) is 2.08. The van der Waals surface area contributed by atoms with Crippen LogP contribution in [0.2, 0.25) is 0 Å². The van der Waals surface area contributed by atoms with Crippen molar-refractivity contribution in [3.05, 3.63) is 26.2 Å². The molecule has 0 bridgehead atoms. The maximum atomic E-state index is 11.9. The zero-order valence-corrected chi connectivity index (χ0v) is 14.6. The van der Waals surface area contributed by atoms with E-state index in [9.17, 15) is 13.2 Å². The van der Waals surface area contributed by atoms with Crippen LogP contribution in [0, 0.1) is 9.49 Å². The van der Waals surface area contributed by atoms with Crippen LogP contribution in [0.25, 0.3) is 0 Å². The standard InChI is InChI=1S/C12H13BrINO3S/c13-10-2-1-9(6-11(10)14)15-12(16)5-8-3-4-19(17,18)7-8/h1-2,6,8H,3-5,7H2,(H,15,16). The molecule has 1 unspecified atom stereocenters. The number of hydrogen-bond acceptors (Lipinski definition) is 3. The smallest absolute Gasteiger partial charge is 0.224 e. The summed E-state index contributed by atoms with van der Waals surface area (Å²) in [4.78, 5) is 11.9. The van der Waals surface area contributed by atoms with E-state index in [0.29, 0.717) is 6.42 Å². The molecule has 104 valence electrons. The molecular weight excluding hydrogens is 445 g/mol. The molecule has 1 aliphatic rings. The van der Waals surface area contributed by atoms with Gasteiger partial charge in [0.15, 0.2) is 9.84 Å². The first-order valence-electron chi connectivity index (χ1n) is 5.81. The fourth-order valence-corrected chi connectivity index (χ4v) is 4.70. The molecular formula is C12H13BrINO3S. The Morgan fingerprint density at radius 1 is 1.47 bits per heavy atom. The van der Waals surface area contributed by atoms with Crippen LogP contribution in [0.15, 0.2) is 22.7 Å². The Morgan fingerprint density at radius 3 is 2.79 bits per heavy atom. The van der Waals surface area contributed by atoms with Gasteiger partial charge in [-0.2, -0.15) is 0 Å². The molecule has 1 aromatic rings. The molecule has 1 amide bonds. The van der Waals surface area contributed by atoms with Gasteiger partial charge in [-0.1, -0.05) is 0 Å². The SMILES string of the molecule is O=C(CC1CCS(=O)(=O)C1)Nc1ccc(Br)c(I)c1. The Labute approximate surface area is 134 Å². The summed E-state index contributed by atoms with van der Waals surface area (Å²) in [6.45, 7) is 0. The molecule has 0 saturated carbocycles. The maximum absolute atomic E-state index is 11.9. The molecule has 1 saturated heterocycles. The van der Waals surface area contributed by atoms with Crippen molar-refractivity contribution in [3.8, 4) is 0 Å². The summed E-state index contributed by atoms with van der Waals surface area (Å²) in [7, 11) is -2.91. The van der Waals surface area contributed by atoms with Crippen LogP contribution in [0.5, 0.6) is 0 Å². The van der Waals surface area contributed by atoms with E-state index in [1.807, 2.05) is 18.2 Å². The van der Waals surface area contributed by atoms with Crippen molar-refractivity contribution in [2.24, 2.45) is 5.92 Å². The molecule has 19 heavy (non-hydrogen) atoms. The Balaban J connectivity index is 1.93. The van der Waals surface area contributed by atoms with Crippen molar-refractivity contribution in [2.75, 3.05) is 16.8 Å². The summed E-state index contributed by atoms with van der Waals surface area (Å²) < 4.78 is 24.6. The number of halogens is 2. The lowest BCUT2D eigenvalue weighted by atomic mass is 10.1. The number of carbonyl (C=O) groups is 1. The highest BCUT2D eigenvalue weighted by Gasteiger charge is 2.29. The first-order valence-corrected chi connectivity index (χ1v) is 9.50. The van der Waals surface area contributed by atoms with Crippen LogP contribution in [0.4, 0.5) is 5.69 Å². The summed E-state index contributed by atoms with van der Waals surface area (Å²) in [5, 5.41) is 2.80. The second-order valence-corrected chi connectivity index (χ2v) is 8.90.